The molecule has 1 saturated carbocycles. The van der Waals surface area contributed by atoms with Gasteiger partial charge in [0.25, 0.3) is 0 Å². The second-order valence-electron chi connectivity index (χ2n) is 6.97. The number of guanidine groups is 1. The van der Waals surface area contributed by atoms with Crippen LogP contribution >= 0.6 is 11.3 Å². The third-order valence-electron chi connectivity index (χ3n) is 4.58. The van der Waals surface area contributed by atoms with Gasteiger partial charge in [-0.2, -0.15) is 0 Å². The molecule has 134 valence electrons. The molecule has 3 rings (SSSR count). The van der Waals surface area contributed by atoms with Gasteiger partial charge in [0.2, 0.25) is 0 Å². The van der Waals surface area contributed by atoms with E-state index in [-0.39, 0.29) is 0 Å². The molecular weight excluding hydrogens is 328 g/mol. The molecular formula is C20H28N4S. The summed E-state index contributed by atoms with van der Waals surface area (Å²) in [6.07, 6.45) is 1.17. The maximum absolute atomic E-state index is 4.73. The van der Waals surface area contributed by atoms with Crippen molar-refractivity contribution in [2.24, 2.45) is 4.99 Å². The molecule has 1 heterocycles. The first-order valence-corrected chi connectivity index (χ1v) is 10.0. The zero-order valence-electron chi connectivity index (χ0n) is 15.5. The Morgan fingerprint density at radius 1 is 1.36 bits per heavy atom. The van der Waals surface area contributed by atoms with Gasteiger partial charge in [-0.25, -0.2) is 9.98 Å². The Morgan fingerprint density at radius 2 is 2.16 bits per heavy atom. The maximum atomic E-state index is 4.73. The zero-order valence-corrected chi connectivity index (χ0v) is 16.4. The van der Waals surface area contributed by atoms with Crippen LogP contribution in [0.3, 0.4) is 0 Å². The number of benzene rings is 1. The molecule has 1 aromatic heterocycles. The third-order valence-corrected chi connectivity index (χ3v) is 5.43. The third kappa shape index (κ3) is 4.60. The van der Waals surface area contributed by atoms with Crippen molar-refractivity contribution >= 4 is 17.3 Å². The van der Waals surface area contributed by atoms with Crippen molar-refractivity contribution in [3.63, 3.8) is 0 Å². The fourth-order valence-electron chi connectivity index (χ4n) is 3.01. The summed E-state index contributed by atoms with van der Waals surface area (Å²) in [5.41, 5.74) is 4.00. The lowest BCUT2D eigenvalue weighted by Crippen LogP contribution is -2.39. The Labute approximate surface area is 154 Å². The van der Waals surface area contributed by atoms with Gasteiger partial charge in [-0.15, -0.1) is 11.3 Å². The van der Waals surface area contributed by atoms with Crippen LogP contribution in [0.5, 0.6) is 0 Å². The van der Waals surface area contributed by atoms with E-state index >= 15 is 0 Å². The van der Waals surface area contributed by atoms with Crippen LogP contribution in [0.2, 0.25) is 0 Å². The highest BCUT2D eigenvalue weighted by Crippen LogP contribution is 2.42. The molecule has 2 unspecified atom stereocenters. The Morgan fingerprint density at radius 3 is 2.84 bits per heavy atom. The van der Waals surface area contributed by atoms with Gasteiger partial charge in [0.05, 0.1) is 12.2 Å². The van der Waals surface area contributed by atoms with Crippen LogP contribution in [0.1, 0.15) is 60.9 Å². The molecule has 25 heavy (non-hydrogen) atoms. The minimum absolute atomic E-state index is 0.474. The van der Waals surface area contributed by atoms with E-state index < -0.39 is 0 Å². The molecule has 1 aliphatic carbocycles. The minimum Gasteiger partial charge on any atom is -0.357 e. The first-order valence-electron chi connectivity index (χ1n) is 9.13. The molecule has 2 atom stereocenters. The summed E-state index contributed by atoms with van der Waals surface area (Å²) in [6, 6.07) is 9.15. The number of aryl methyl sites for hydroxylation is 1. The largest absolute Gasteiger partial charge is 0.357 e. The molecule has 2 N–H and O–H groups in total. The van der Waals surface area contributed by atoms with Crippen LogP contribution in [0.15, 0.2) is 34.6 Å². The number of nitrogens with zero attached hydrogens (tertiary/aromatic N) is 2. The molecule has 1 aromatic carbocycles. The average Bonchev–Trinajstić information content (AvgIpc) is 3.17. The van der Waals surface area contributed by atoms with Crippen LogP contribution in [0.4, 0.5) is 0 Å². The van der Waals surface area contributed by atoms with Gasteiger partial charge in [-0.1, -0.05) is 38.1 Å². The van der Waals surface area contributed by atoms with Crippen molar-refractivity contribution in [1.82, 2.24) is 15.6 Å². The van der Waals surface area contributed by atoms with Gasteiger partial charge in [-0.05, 0) is 37.3 Å². The number of nitrogens with one attached hydrogen (secondary N) is 2. The van der Waals surface area contributed by atoms with E-state index in [4.69, 9.17) is 4.99 Å². The van der Waals surface area contributed by atoms with Gasteiger partial charge >= 0.3 is 0 Å². The first kappa shape index (κ1) is 17.9. The SMILES string of the molecule is CCNC(=NCc1nc(C(C)C)cs1)NC1CC1c1ccccc1C. The molecule has 1 aliphatic rings. The lowest BCUT2D eigenvalue weighted by atomic mass is 10.0. The van der Waals surface area contributed by atoms with Gasteiger partial charge in [0, 0.05) is 23.9 Å². The summed E-state index contributed by atoms with van der Waals surface area (Å²) in [7, 11) is 0. The molecule has 1 fully saturated rings. The highest BCUT2D eigenvalue weighted by molar-refractivity contribution is 7.09. The minimum atomic E-state index is 0.474. The Balaban J connectivity index is 1.61. The monoisotopic (exact) mass is 356 g/mol. The Kier molecular flexibility index (Phi) is 5.74. The van der Waals surface area contributed by atoms with Crippen molar-refractivity contribution in [3.8, 4) is 0 Å². The molecule has 0 aliphatic heterocycles. The average molecular weight is 357 g/mol. The van der Waals surface area contributed by atoms with Gasteiger partial charge in [0.1, 0.15) is 5.01 Å². The van der Waals surface area contributed by atoms with E-state index in [2.05, 4.69) is 73.0 Å². The standard InChI is InChI=1S/C20H28N4S/c1-5-21-20(22-11-19-23-18(12-25-19)13(2)3)24-17-10-16(17)15-9-7-6-8-14(15)4/h6-9,12-13,16-17H,5,10-11H2,1-4H3,(H2,21,22,24). The first-order chi connectivity index (χ1) is 12.1. The number of thiazole rings is 1. The molecule has 0 radical (unpaired) electrons. The topological polar surface area (TPSA) is 49.3 Å². The highest BCUT2D eigenvalue weighted by atomic mass is 32.1. The number of aliphatic imine (C=N–C) groups is 1. The summed E-state index contributed by atoms with van der Waals surface area (Å²) in [5.74, 6) is 1.96. The normalized spacial score (nSPS) is 20.0. The molecule has 0 spiro atoms. The van der Waals surface area contributed by atoms with Crippen molar-refractivity contribution in [3.05, 3.63) is 51.5 Å². The predicted octanol–water partition coefficient (Wildman–Crippen LogP) is 4.19. The molecule has 2 aromatic rings. The number of aromatic nitrogens is 1. The number of rotatable bonds is 6. The molecule has 5 heteroatoms. The molecule has 0 amide bonds. The van der Waals surface area contributed by atoms with E-state index in [9.17, 15) is 0 Å². The lowest BCUT2D eigenvalue weighted by molar-refractivity contribution is 0.788. The van der Waals surface area contributed by atoms with Gasteiger partial charge in [0.15, 0.2) is 5.96 Å². The van der Waals surface area contributed by atoms with Gasteiger partial charge in [-0.3, -0.25) is 0 Å². The molecule has 0 bridgehead atoms. The molecule has 4 nitrogen and oxygen atoms in total. The number of hydrogen-bond acceptors (Lipinski definition) is 3. The fourth-order valence-corrected chi connectivity index (χ4v) is 3.89. The van der Waals surface area contributed by atoms with Crippen molar-refractivity contribution in [2.75, 3.05) is 6.54 Å². The lowest BCUT2D eigenvalue weighted by Gasteiger charge is -2.11. The highest BCUT2D eigenvalue weighted by Gasteiger charge is 2.39. The summed E-state index contributed by atoms with van der Waals surface area (Å²) < 4.78 is 0. The van der Waals surface area contributed by atoms with Crippen molar-refractivity contribution in [2.45, 2.75) is 58.5 Å². The second kappa shape index (κ2) is 8.00. The summed E-state index contributed by atoms with van der Waals surface area (Å²) >= 11 is 1.70. The van der Waals surface area contributed by atoms with Crippen molar-refractivity contribution < 1.29 is 0 Å². The maximum Gasteiger partial charge on any atom is 0.191 e. The summed E-state index contributed by atoms with van der Waals surface area (Å²) in [5, 5.41) is 10.2. The van der Waals surface area contributed by atoms with Crippen LogP contribution < -0.4 is 10.6 Å². The van der Waals surface area contributed by atoms with Crippen molar-refractivity contribution in [1.29, 1.82) is 0 Å². The second-order valence-corrected chi connectivity index (χ2v) is 7.91. The van der Waals surface area contributed by atoms with Crippen LogP contribution in [0, 0.1) is 6.92 Å². The predicted molar refractivity (Wildman–Crippen MR) is 106 cm³/mol. The van der Waals surface area contributed by atoms with Crippen LogP contribution in [0.25, 0.3) is 0 Å². The quantitative estimate of drug-likeness (QED) is 0.603. The van der Waals surface area contributed by atoms with E-state index in [0.29, 0.717) is 24.4 Å². The number of hydrogen-bond donors (Lipinski definition) is 2. The van der Waals surface area contributed by atoms with E-state index in [0.717, 1.165) is 23.2 Å². The fraction of sp³-hybridized carbons (Fsp3) is 0.500. The Hall–Kier alpha value is -1.88. The van der Waals surface area contributed by atoms with Crippen LogP contribution in [-0.2, 0) is 6.54 Å². The van der Waals surface area contributed by atoms with Crippen LogP contribution in [-0.4, -0.2) is 23.5 Å². The zero-order chi connectivity index (χ0) is 17.8. The summed E-state index contributed by atoms with van der Waals surface area (Å²) in [4.78, 5) is 9.40. The van der Waals surface area contributed by atoms with Gasteiger partial charge < -0.3 is 10.6 Å². The smallest absolute Gasteiger partial charge is 0.191 e. The van der Waals surface area contributed by atoms with E-state index in [1.165, 1.54) is 17.5 Å². The molecule has 0 saturated heterocycles. The summed E-state index contributed by atoms with van der Waals surface area (Å²) in [6.45, 7) is 10.1. The Bertz CT molecular complexity index is 735. The van der Waals surface area contributed by atoms with E-state index in [1.54, 1.807) is 11.3 Å². The van der Waals surface area contributed by atoms with E-state index in [1.807, 2.05) is 0 Å².